The number of carbonyl (C=O) groups is 1. The molecular formula is C22H25ClN4O2S. The second-order valence-electron chi connectivity index (χ2n) is 7.54. The van der Waals surface area contributed by atoms with E-state index in [4.69, 9.17) is 16.0 Å². The van der Waals surface area contributed by atoms with Crippen LogP contribution < -0.4 is 5.32 Å². The molecule has 1 unspecified atom stereocenters. The molecule has 3 aromatic rings. The molecule has 0 aliphatic heterocycles. The van der Waals surface area contributed by atoms with Gasteiger partial charge in [-0.25, -0.2) is 0 Å². The van der Waals surface area contributed by atoms with Gasteiger partial charge < -0.3 is 9.73 Å². The summed E-state index contributed by atoms with van der Waals surface area (Å²) in [5, 5.41) is 13.2. The zero-order valence-corrected chi connectivity index (χ0v) is 18.5. The van der Waals surface area contributed by atoms with Crippen LogP contribution in [0.1, 0.15) is 56.7 Å². The Morgan fingerprint density at radius 1 is 1.23 bits per heavy atom. The normalized spacial score (nSPS) is 15.8. The molecule has 4 rings (SSSR count). The molecule has 2 aromatic heterocycles. The zero-order chi connectivity index (χ0) is 20.9. The summed E-state index contributed by atoms with van der Waals surface area (Å²) in [4.78, 5) is 12.6. The van der Waals surface area contributed by atoms with Crippen LogP contribution in [-0.2, 0) is 4.79 Å². The molecule has 1 N–H and O–H groups in total. The molecule has 0 bridgehead atoms. The highest BCUT2D eigenvalue weighted by Gasteiger charge is 2.25. The van der Waals surface area contributed by atoms with Crippen molar-refractivity contribution in [2.75, 3.05) is 5.75 Å². The predicted molar refractivity (Wildman–Crippen MR) is 119 cm³/mol. The van der Waals surface area contributed by atoms with E-state index in [1.807, 2.05) is 43.3 Å². The van der Waals surface area contributed by atoms with Crippen LogP contribution in [0.2, 0.25) is 5.02 Å². The van der Waals surface area contributed by atoms with E-state index in [0.717, 1.165) is 29.4 Å². The fourth-order valence-corrected chi connectivity index (χ4v) is 5.05. The van der Waals surface area contributed by atoms with Crippen LogP contribution in [0.4, 0.5) is 0 Å². The quantitative estimate of drug-likeness (QED) is 0.475. The molecular weight excluding hydrogens is 420 g/mol. The Bertz CT molecular complexity index is 983. The lowest BCUT2D eigenvalue weighted by Crippen LogP contribution is -2.28. The Balaban J connectivity index is 1.46. The molecule has 1 fully saturated rings. The van der Waals surface area contributed by atoms with Crippen molar-refractivity contribution in [2.45, 2.75) is 56.3 Å². The first-order valence-electron chi connectivity index (χ1n) is 10.3. The van der Waals surface area contributed by atoms with Crippen LogP contribution in [-0.4, -0.2) is 26.4 Å². The van der Waals surface area contributed by atoms with E-state index in [2.05, 4.69) is 20.1 Å². The summed E-state index contributed by atoms with van der Waals surface area (Å²) >= 11 is 7.66. The lowest BCUT2D eigenvalue weighted by Gasteiger charge is -2.25. The number of thioether (sulfide) groups is 1. The highest BCUT2D eigenvalue weighted by atomic mass is 35.5. The van der Waals surface area contributed by atoms with E-state index in [9.17, 15) is 4.79 Å². The molecule has 8 heteroatoms. The minimum Gasteiger partial charge on any atom is -0.461 e. The van der Waals surface area contributed by atoms with Crippen molar-refractivity contribution in [2.24, 2.45) is 0 Å². The van der Waals surface area contributed by atoms with E-state index in [0.29, 0.717) is 16.8 Å². The van der Waals surface area contributed by atoms with Gasteiger partial charge >= 0.3 is 0 Å². The van der Waals surface area contributed by atoms with Crippen LogP contribution in [0.3, 0.4) is 0 Å². The van der Waals surface area contributed by atoms with Gasteiger partial charge in [0.1, 0.15) is 0 Å². The van der Waals surface area contributed by atoms with Gasteiger partial charge in [-0.3, -0.25) is 9.36 Å². The molecule has 158 valence electrons. The number of nitrogens with one attached hydrogen (secondary N) is 1. The standard InChI is InChI=1S/C22H25ClN4O2S/c1-15(17-10-5-6-11-18(17)23)24-20(28)14-30-22-26-25-21(19-12-7-13-29-19)27(22)16-8-3-2-4-9-16/h5-7,10-13,15-16H,2-4,8-9,14H2,1H3,(H,24,28). The summed E-state index contributed by atoms with van der Waals surface area (Å²) in [6.45, 7) is 1.93. The van der Waals surface area contributed by atoms with Crippen molar-refractivity contribution in [1.82, 2.24) is 20.1 Å². The molecule has 1 aliphatic rings. The highest BCUT2D eigenvalue weighted by molar-refractivity contribution is 7.99. The molecule has 2 heterocycles. The van der Waals surface area contributed by atoms with Gasteiger partial charge in [0.05, 0.1) is 18.1 Å². The minimum absolute atomic E-state index is 0.0647. The number of carbonyl (C=O) groups excluding carboxylic acids is 1. The Morgan fingerprint density at radius 2 is 2.03 bits per heavy atom. The Morgan fingerprint density at radius 3 is 2.77 bits per heavy atom. The summed E-state index contributed by atoms with van der Waals surface area (Å²) in [6.07, 6.45) is 7.48. The molecule has 0 spiro atoms. The van der Waals surface area contributed by atoms with Crippen molar-refractivity contribution >= 4 is 29.3 Å². The number of halogens is 1. The van der Waals surface area contributed by atoms with Crippen LogP contribution >= 0.6 is 23.4 Å². The monoisotopic (exact) mass is 444 g/mol. The molecule has 0 saturated heterocycles. The second-order valence-corrected chi connectivity index (χ2v) is 8.89. The molecule has 1 amide bonds. The third-order valence-corrected chi connectivity index (χ3v) is 6.71. The number of hydrogen-bond acceptors (Lipinski definition) is 5. The van der Waals surface area contributed by atoms with Gasteiger partial charge in [-0.2, -0.15) is 0 Å². The smallest absolute Gasteiger partial charge is 0.230 e. The maximum Gasteiger partial charge on any atom is 0.230 e. The van der Waals surface area contributed by atoms with Crippen LogP contribution in [0.25, 0.3) is 11.6 Å². The first kappa shape index (κ1) is 21.0. The maximum absolute atomic E-state index is 12.6. The first-order chi connectivity index (χ1) is 14.6. The third kappa shape index (κ3) is 4.73. The fourth-order valence-electron chi connectivity index (χ4n) is 3.93. The first-order valence-corrected chi connectivity index (χ1v) is 11.6. The van der Waals surface area contributed by atoms with E-state index < -0.39 is 0 Å². The van der Waals surface area contributed by atoms with Crippen molar-refractivity contribution in [3.8, 4) is 11.6 Å². The van der Waals surface area contributed by atoms with Gasteiger partial charge in [0.15, 0.2) is 10.9 Å². The zero-order valence-electron chi connectivity index (χ0n) is 16.9. The van der Waals surface area contributed by atoms with Crippen LogP contribution in [0.5, 0.6) is 0 Å². The molecule has 30 heavy (non-hydrogen) atoms. The van der Waals surface area contributed by atoms with E-state index in [1.165, 1.54) is 31.0 Å². The van der Waals surface area contributed by atoms with Crippen LogP contribution in [0.15, 0.2) is 52.2 Å². The lowest BCUT2D eigenvalue weighted by atomic mass is 9.95. The largest absolute Gasteiger partial charge is 0.461 e. The lowest BCUT2D eigenvalue weighted by molar-refractivity contribution is -0.119. The van der Waals surface area contributed by atoms with Crippen molar-refractivity contribution in [1.29, 1.82) is 0 Å². The number of nitrogens with zero attached hydrogens (tertiary/aromatic N) is 3. The number of benzene rings is 1. The molecule has 1 atom stereocenters. The number of aromatic nitrogens is 3. The van der Waals surface area contributed by atoms with Crippen LogP contribution in [0, 0.1) is 0 Å². The van der Waals surface area contributed by atoms with Gasteiger partial charge in [0, 0.05) is 11.1 Å². The van der Waals surface area contributed by atoms with E-state index in [1.54, 1.807) is 6.26 Å². The summed E-state index contributed by atoms with van der Waals surface area (Å²) in [7, 11) is 0. The Labute approximate surface area is 185 Å². The molecule has 6 nitrogen and oxygen atoms in total. The predicted octanol–water partition coefficient (Wildman–Crippen LogP) is 5.67. The third-order valence-electron chi connectivity index (χ3n) is 5.43. The summed E-state index contributed by atoms with van der Waals surface area (Å²) in [6, 6.07) is 11.5. The van der Waals surface area contributed by atoms with Crippen molar-refractivity contribution in [3.05, 3.63) is 53.2 Å². The number of amides is 1. The van der Waals surface area contributed by atoms with Gasteiger partial charge in [-0.15, -0.1) is 10.2 Å². The van der Waals surface area contributed by atoms with Gasteiger partial charge in [0.2, 0.25) is 11.7 Å². The topological polar surface area (TPSA) is 73.0 Å². The van der Waals surface area contributed by atoms with Gasteiger partial charge in [0.25, 0.3) is 0 Å². The average Bonchev–Trinajstić information content (AvgIpc) is 3.43. The van der Waals surface area contributed by atoms with E-state index >= 15 is 0 Å². The number of rotatable bonds is 7. The Hall–Kier alpha value is -2.25. The highest BCUT2D eigenvalue weighted by Crippen LogP contribution is 2.35. The summed E-state index contributed by atoms with van der Waals surface area (Å²) in [5.41, 5.74) is 0.906. The molecule has 1 aromatic carbocycles. The molecule has 1 saturated carbocycles. The Kier molecular flexibility index (Phi) is 6.79. The average molecular weight is 445 g/mol. The SMILES string of the molecule is CC(NC(=O)CSc1nnc(-c2ccco2)n1C1CCCCC1)c1ccccc1Cl. The summed E-state index contributed by atoms with van der Waals surface area (Å²) in [5.74, 6) is 1.64. The second kappa shape index (κ2) is 9.71. The van der Waals surface area contributed by atoms with Crippen molar-refractivity contribution in [3.63, 3.8) is 0 Å². The molecule has 1 aliphatic carbocycles. The number of hydrogen-bond donors (Lipinski definition) is 1. The number of furan rings is 1. The summed E-state index contributed by atoms with van der Waals surface area (Å²) < 4.78 is 7.74. The van der Waals surface area contributed by atoms with Gasteiger partial charge in [-0.1, -0.05) is 60.8 Å². The van der Waals surface area contributed by atoms with E-state index in [-0.39, 0.29) is 17.7 Å². The minimum atomic E-state index is -0.165. The van der Waals surface area contributed by atoms with Gasteiger partial charge in [-0.05, 0) is 43.5 Å². The molecule has 0 radical (unpaired) electrons. The fraction of sp³-hybridized carbons (Fsp3) is 0.409. The maximum atomic E-state index is 12.6. The van der Waals surface area contributed by atoms with Crippen molar-refractivity contribution < 1.29 is 9.21 Å².